The Morgan fingerprint density at radius 3 is 2.59 bits per heavy atom. The van der Waals surface area contributed by atoms with Gasteiger partial charge < -0.3 is 19.7 Å². The first-order chi connectivity index (χ1) is 10.6. The molecule has 1 aromatic carbocycles. The van der Waals surface area contributed by atoms with Gasteiger partial charge in [0.1, 0.15) is 18.1 Å². The van der Waals surface area contributed by atoms with Crippen LogP contribution in [0.1, 0.15) is 35.9 Å². The maximum Gasteiger partial charge on any atom is 0.140 e. The van der Waals surface area contributed by atoms with E-state index in [2.05, 4.69) is 17.4 Å². The highest BCUT2D eigenvalue weighted by molar-refractivity contribution is 5.28. The molecular weight excluding hydrogens is 280 g/mol. The van der Waals surface area contributed by atoms with Gasteiger partial charge in [-0.05, 0) is 44.9 Å². The maximum atomic E-state index is 8.88. The zero-order valence-electron chi connectivity index (χ0n) is 13.4. The van der Waals surface area contributed by atoms with Crippen LogP contribution in [0.5, 0.6) is 5.75 Å². The summed E-state index contributed by atoms with van der Waals surface area (Å²) in [6.07, 6.45) is 0.763. The molecule has 0 fully saturated rings. The van der Waals surface area contributed by atoms with E-state index in [9.17, 15) is 0 Å². The monoisotopic (exact) mass is 304 g/mol. The fraction of sp³-hybridized carbons (Fsp3) is 0.471. The Hall–Kier alpha value is -1.85. The molecule has 5 heteroatoms. The van der Waals surface area contributed by atoms with Gasteiger partial charge in [0.15, 0.2) is 0 Å². The van der Waals surface area contributed by atoms with Gasteiger partial charge in [-0.2, -0.15) is 0 Å². The van der Waals surface area contributed by atoms with Crippen LogP contribution in [0.4, 0.5) is 0 Å². The van der Waals surface area contributed by atoms with Crippen LogP contribution in [0.2, 0.25) is 0 Å². The predicted molar refractivity (Wildman–Crippen MR) is 84.8 cm³/mol. The number of nitrogens with zero attached hydrogens (tertiary/aromatic N) is 1. The third kappa shape index (κ3) is 4.58. The van der Waals surface area contributed by atoms with Crippen LogP contribution in [-0.4, -0.2) is 22.9 Å². The minimum Gasteiger partial charge on any atom is -0.489 e. The summed E-state index contributed by atoms with van der Waals surface area (Å²) in [5.41, 5.74) is 3.06. The number of aromatic nitrogens is 1. The van der Waals surface area contributed by atoms with Crippen molar-refractivity contribution in [3.05, 3.63) is 46.8 Å². The summed E-state index contributed by atoms with van der Waals surface area (Å²) in [6.45, 7) is 7.33. The van der Waals surface area contributed by atoms with Gasteiger partial charge in [0, 0.05) is 19.2 Å². The van der Waals surface area contributed by atoms with Crippen molar-refractivity contribution in [1.82, 2.24) is 10.5 Å². The number of nitrogens with one attached hydrogen (secondary N) is 1. The first kappa shape index (κ1) is 16.5. The Morgan fingerprint density at radius 1 is 1.27 bits per heavy atom. The number of aliphatic hydroxyl groups is 1. The number of rotatable bonds is 8. The van der Waals surface area contributed by atoms with Gasteiger partial charge in [-0.1, -0.05) is 17.3 Å². The van der Waals surface area contributed by atoms with Crippen molar-refractivity contribution in [2.75, 3.05) is 6.61 Å². The van der Waals surface area contributed by atoms with E-state index < -0.39 is 0 Å². The summed E-state index contributed by atoms with van der Waals surface area (Å²) in [6, 6.07) is 8.32. The lowest BCUT2D eigenvalue weighted by atomic mass is 10.2. The molecule has 0 aliphatic heterocycles. The maximum absolute atomic E-state index is 8.88. The van der Waals surface area contributed by atoms with Crippen molar-refractivity contribution >= 4 is 0 Å². The molecule has 0 saturated carbocycles. The third-order valence-electron chi connectivity index (χ3n) is 3.70. The molecule has 120 valence electrons. The minimum atomic E-state index is 0.211. The average molecular weight is 304 g/mol. The summed E-state index contributed by atoms with van der Waals surface area (Å²) in [5, 5.41) is 16.2. The molecule has 22 heavy (non-hydrogen) atoms. The van der Waals surface area contributed by atoms with Gasteiger partial charge >= 0.3 is 0 Å². The fourth-order valence-corrected chi connectivity index (χ4v) is 2.15. The van der Waals surface area contributed by atoms with Crippen LogP contribution < -0.4 is 10.1 Å². The number of aryl methyl sites for hydroxylation is 2. The van der Waals surface area contributed by atoms with Crippen LogP contribution in [0, 0.1) is 13.8 Å². The van der Waals surface area contributed by atoms with E-state index in [1.807, 2.05) is 38.1 Å². The molecule has 0 amide bonds. The smallest absolute Gasteiger partial charge is 0.140 e. The number of aliphatic hydroxyl groups excluding tert-OH is 1. The molecule has 0 aliphatic carbocycles. The first-order valence-corrected chi connectivity index (χ1v) is 7.58. The van der Waals surface area contributed by atoms with Crippen LogP contribution >= 0.6 is 0 Å². The molecular formula is C17H24N2O3. The van der Waals surface area contributed by atoms with Crippen LogP contribution in [0.25, 0.3) is 0 Å². The van der Waals surface area contributed by atoms with Crippen LogP contribution in [-0.2, 0) is 13.2 Å². The Bertz CT molecular complexity index is 559. The van der Waals surface area contributed by atoms with Gasteiger partial charge in [0.05, 0.1) is 11.3 Å². The van der Waals surface area contributed by atoms with E-state index in [-0.39, 0.29) is 6.61 Å². The average Bonchev–Trinajstić information content (AvgIpc) is 2.83. The van der Waals surface area contributed by atoms with Crippen molar-refractivity contribution < 1.29 is 14.4 Å². The second-order valence-corrected chi connectivity index (χ2v) is 5.53. The predicted octanol–water partition coefficient (Wildman–Crippen LogP) is 2.73. The first-order valence-electron chi connectivity index (χ1n) is 7.58. The zero-order valence-corrected chi connectivity index (χ0v) is 13.4. The summed E-state index contributed by atoms with van der Waals surface area (Å²) in [4.78, 5) is 0. The molecule has 0 bridgehead atoms. The van der Waals surface area contributed by atoms with E-state index >= 15 is 0 Å². The van der Waals surface area contributed by atoms with Crippen molar-refractivity contribution in [2.24, 2.45) is 0 Å². The summed E-state index contributed by atoms with van der Waals surface area (Å²) >= 11 is 0. The van der Waals surface area contributed by atoms with Gasteiger partial charge in [-0.15, -0.1) is 0 Å². The molecule has 1 heterocycles. The highest BCUT2D eigenvalue weighted by Gasteiger charge is 2.09. The van der Waals surface area contributed by atoms with E-state index in [1.54, 1.807) is 0 Å². The van der Waals surface area contributed by atoms with Gasteiger partial charge in [-0.25, -0.2) is 0 Å². The van der Waals surface area contributed by atoms with Crippen molar-refractivity contribution in [2.45, 2.75) is 46.4 Å². The topological polar surface area (TPSA) is 67.5 Å². The number of hydrogen-bond acceptors (Lipinski definition) is 5. The molecule has 1 unspecified atom stereocenters. The summed E-state index contributed by atoms with van der Waals surface area (Å²) in [5.74, 6) is 1.63. The SMILES string of the molecule is Cc1noc(C)c1COc1ccc(CNC(C)CCO)cc1. The molecule has 0 aliphatic rings. The normalized spacial score (nSPS) is 12.4. The molecule has 2 N–H and O–H groups in total. The Balaban J connectivity index is 1.84. The Kier molecular flexibility index (Phi) is 5.98. The van der Waals surface area contributed by atoms with E-state index in [0.29, 0.717) is 12.6 Å². The quantitative estimate of drug-likeness (QED) is 0.785. The lowest BCUT2D eigenvalue weighted by Crippen LogP contribution is -2.26. The Morgan fingerprint density at radius 2 is 2.00 bits per heavy atom. The lowest BCUT2D eigenvalue weighted by molar-refractivity contribution is 0.268. The highest BCUT2D eigenvalue weighted by Crippen LogP contribution is 2.18. The Labute approximate surface area is 131 Å². The van der Waals surface area contributed by atoms with E-state index in [0.717, 1.165) is 35.7 Å². The number of benzene rings is 1. The second-order valence-electron chi connectivity index (χ2n) is 5.53. The molecule has 0 saturated heterocycles. The largest absolute Gasteiger partial charge is 0.489 e. The highest BCUT2D eigenvalue weighted by atomic mass is 16.5. The van der Waals surface area contributed by atoms with Gasteiger partial charge in [0.25, 0.3) is 0 Å². The van der Waals surface area contributed by atoms with Gasteiger partial charge in [-0.3, -0.25) is 0 Å². The van der Waals surface area contributed by atoms with E-state index in [1.165, 1.54) is 5.56 Å². The van der Waals surface area contributed by atoms with Gasteiger partial charge in [0.2, 0.25) is 0 Å². The van der Waals surface area contributed by atoms with Crippen molar-refractivity contribution in [3.8, 4) is 5.75 Å². The molecule has 5 nitrogen and oxygen atoms in total. The third-order valence-corrected chi connectivity index (χ3v) is 3.70. The second kappa shape index (κ2) is 7.96. The lowest BCUT2D eigenvalue weighted by Gasteiger charge is -2.12. The standard InChI is InChI=1S/C17H24N2O3/c1-12(8-9-20)18-10-15-4-6-16(7-5-15)21-11-17-13(2)19-22-14(17)3/h4-7,12,18,20H,8-11H2,1-3H3. The van der Waals surface area contributed by atoms with E-state index in [4.69, 9.17) is 14.4 Å². The molecule has 0 radical (unpaired) electrons. The minimum absolute atomic E-state index is 0.211. The van der Waals surface area contributed by atoms with Crippen molar-refractivity contribution in [3.63, 3.8) is 0 Å². The molecule has 1 aromatic heterocycles. The summed E-state index contributed by atoms with van der Waals surface area (Å²) in [7, 11) is 0. The number of ether oxygens (including phenoxy) is 1. The number of hydrogen-bond donors (Lipinski definition) is 2. The molecule has 2 aromatic rings. The molecule has 1 atom stereocenters. The zero-order chi connectivity index (χ0) is 15.9. The van der Waals surface area contributed by atoms with Crippen LogP contribution in [0.3, 0.4) is 0 Å². The fourth-order valence-electron chi connectivity index (χ4n) is 2.15. The van der Waals surface area contributed by atoms with Crippen molar-refractivity contribution in [1.29, 1.82) is 0 Å². The summed E-state index contributed by atoms with van der Waals surface area (Å²) < 4.78 is 10.9. The molecule has 0 spiro atoms. The molecule has 2 rings (SSSR count). The van der Waals surface area contributed by atoms with Crippen LogP contribution in [0.15, 0.2) is 28.8 Å².